The van der Waals surface area contributed by atoms with Gasteiger partial charge in [-0.1, -0.05) is 12.1 Å². The molecule has 1 aromatic carbocycles. The zero-order chi connectivity index (χ0) is 16.2. The topological polar surface area (TPSA) is 49.9 Å². The van der Waals surface area contributed by atoms with Gasteiger partial charge in [0.25, 0.3) is 0 Å². The molecule has 7 heteroatoms. The Labute approximate surface area is 138 Å². The van der Waals surface area contributed by atoms with Crippen molar-refractivity contribution >= 4 is 23.6 Å². The highest BCUT2D eigenvalue weighted by Crippen LogP contribution is 2.38. The second kappa shape index (κ2) is 7.31. The summed E-state index contributed by atoms with van der Waals surface area (Å²) in [6.45, 7) is 2.76. The van der Waals surface area contributed by atoms with Gasteiger partial charge in [-0.25, -0.2) is 4.39 Å². The average molecular weight is 338 g/mol. The molecule has 2 aliphatic rings. The number of halogens is 1. The van der Waals surface area contributed by atoms with Crippen molar-refractivity contribution in [2.45, 2.75) is 11.8 Å². The molecule has 2 heterocycles. The maximum atomic E-state index is 13.1. The normalized spacial score (nSPS) is 21.8. The molecular formula is C16H19FN2O3S. The molecule has 1 atom stereocenters. The summed E-state index contributed by atoms with van der Waals surface area (Å²) in [7, 11) is 0. The molecule has 1 aromatic rings. The smallest absolute Gasteiger partial charge is 0.233 e. The Morgan fingerprint density at radius 3 is 2.65 bits per heavy atom. The first kappa shape index (κ1) is 16.3. The van der Waals surface area contributed by atoms with Crippen molar-refractivity contribution in [3.63, 3.8) is 0 Å². The Bertz CT molecular complexity index is 575. The van der Waals surface area contributed by atoms with Crippen LogP contribution in [-0.2, 0) is 14.3 Å². The molecule has 0 saturated carbocycles. The molecule has 2 saturated heterocycles. The number of amides is 2. The van der Waals surface area contributed by atoms with E-state index in [4.69, 9.17) is 4.74 Å². The van der Waals surface area contributed by atoms with Gasteiger partial charge in [0.1, 0.15) is 11.2 Å². The molecule has 0 unspecified atom stereocenters. The molecule has 0 radical (unpaired) electrons. The van der Waals surface area contributed by atoms with Gasteiger partial charge in [0, 0.05) is 26.1 Å². The van der Waals surface area contributed by atoms with Gasteiger partial charge >= 0.3 is 0 Å². The number of hydrogen-bond donors (Lipinski definition) is 0. The highest BCUT2D eigenvalue weighted by Gasteiger charge is 2.33. The molecule has 23 heavy (non-hydrogen) atoms. The van der Waals surface area contributed by atoms with E-state index in [1.807, 2.05) is 0 Å². The van der Waals surface area contributed by atoms with Crippen molar-refractivity contribution in [2.24, 2.45) is 0 Å². The van der Waals surface area contributed by atoms with Crippen molar-refractivity contribution in [1.82, 2.24) is 9.80 Å². The van der Waals surface area contributed by atoms with Crippen LogP contribution >= 0.6 is 11.8 Å². The molecule has 0 aliphatic carbocycles. The highest BCUT2D eigenvalue weighted by atomic mass is 32.2. The Kier molecular flexibility index (Phi) is 5.17. The Morgan fingerprint density at radius 2 is 1.96 bits per heavy atom. The number of nitrogens with zero attached hydrogens (tertiary/aromatic N) is 2. The quantitative estimate of drug-likeness (QED) is 0.838. The van der Waals surface area contributed by atoms with Gasteiger partial charge < -0.3 is 14.5 Å². The van der Waals surface area contributed by atoms with Crippen molar-refractivity contribution in [3.8, 4) is 0 Å². The third kappa shape index (κ3) is 3.84. The van der Waals surface area contributed by atoms with Crippen molar-refractivity contribution in [2.75, 3.05) is 38.6 Å². The average Bonchev–Trinajstić information content (AvgIpc) is 2.95. The molecule has 5 nitrogen and oxygen atoms in total. The number of benzene rings is 1. The largest absolute Gasteiger partial charge is 0.378 e. The predicted octanol–water partition coefficient (Wildman–Crippen LogP) is 1.65. The summed E-state index contributed by atoms with van der Waals surface area (Å²) in [4.78, 5) is 27.8. The highest BCUT2D eigenvalue weighted by molar-refractivity contribution is 8.00. The predicted molar refractivity (Wildman–Crippen MR) is 85.3 cm³/mol. The zero-order valence-corrected chi connectivity index (χ0v) is 13.6. The molecule has 3 rings (SSSR count). The van der Waals surface area contributed by atoms with Crippen LogP contribution in [0.25, 0.3) is 0 Å². The fraction of sp³-hybridized carbons (Fsp3) is 0.500. The van der Waals surface area contributed by atoms with E-state index in [1.165, 1.54) is 23.9 Å². The van der Waals surface area contributed by atoms with E-state index in [-0.39, 0.29) is 23.0 Å². The number of ether oxygens (including phenoxy) is 1. The van der Waals surface area contributed by atoms with Crippen molar-refractivity contribution in [1.29, 1.82) is 0 Å². The zero-order valence-electron chi connectivity index (χ0n) is 12.7. The van der Waals surface area contributed by atoms with Gasteiger partial charge in [-0.3, -0.25) is 9.59 Å². The van der Waals surface area contributed by atoms with Crippen molar-refractivity contribution in [3.05, 3.63) is 35.6 Å². The maximum absolute atomic E-state index is 13.1. The summed E-state index contributed by atoms with van der Waals surface area (Å²) in [5, 5.41) is -0.138. The molecule has 0 aromatic heterocycles. The fourth-order valence-electron chi connectivity index (χ4n) is 2.79. The Balaban J connectivity index is 1.61. The first-order valence-electron chi connectivity index (χ1n) is 7.67. The van der Waals surface area contributed by atoms with Crippen LogP contribution in [-0.4, -0.2) is 60.2 Å². The van der Waals surface area contributed by atoms with Gasteiger partial charge in [0.05, 0.1) is 19.0 Å². The molecule has 0 N–H and O–H groups in total. The van der Waals surface area contributed by atoms with Crippen LogP contribution in [0.2, 0.25) is 0 Å². The van der Waals surface area contributed by atoms with E-state index in [1.54, 1.807) is 21.9 Å². The number of morpholine rings is 1. The molecule has 2 aliphatic heterocycles. The number of carbonyl (C=O) groups excluding carboxylic acids is 2. The van der Waals surface area contributed by atoms with Crippen LogP contribution < -0.4 is 0 Å². The van der Waals surface area contributed by atoms with Crippen LogP contribution in [0.5, 0.6) is 0 Å². The van der Waals surface area contributed by atoms with Gasteiger partial charge in [-0.15, -0.1) is 11.8 Å². The minimum atomic E-state index is -0.294. The standard InChI is InChI=1S/C16H19FN2O3S/c17-13-3-1-12(2-4-13)16-19(15(21)11-23-16)6-5-14(20)18-7-9-22-10-8-18/h1-4,16H,5-11H2/t16-/m1/s1. The lowest BCUT2D eigenvalue weighted by Crippen LogP contribution is -2.42. The molecular weight excluding hydrogens is 319 g/mol. The third-order valence-corrected chi connectivity index (χ3v) is 5.31. The van der Waals surface area contributed by atoms with Gasteiger partial charge in [0.2, 0.25) is 11.8 Å². The fourth-order valence-corrected chi connectivity index (χ4v) is 4.01. The minimum Gasteiger partial charge on any atom is -0.378 e. The van der Waals surface area contributed by atoms with Crippen LogP contribution in [0.1, 0.15) is 17.4 Å². The van der Waals surface area contributed by atoms with E-state index >= 15 is 0 Å². The molecule has 0 bridgehead atoms. The number of hydrogen-bond acceptors (Lipinski definition) is 4. The van der Waals surface area contributed by atoms with Gasteiger partial charge in [0.15, 0.2) is 0 Å². The SMILES string of the molecule is O=C(CCN1C(=O)CS[C@@H]1c1ccc(F)cc1)N1CCOCC1. The lowest BCUT2D eigenvalue weighted by Gasteiger charge is -2.29. The van der Waals surface area contributed by atoms with Crippen LogP contribution in [0.4, 0.5) is 4.39 Å². The summed E-state index contributed by atoms with van der Waals surface area (Å²) in [5.74, 6) is 0.181. The number of carbonyl (C=O) groups is 2. The minimum absolute atomic E-state index is 0.0269. The van der Waals surface area contributed by atoms with Gasteiger partial charge in [-0.2, -0.15) is 0 Å². The monoisotopic (exact) mass is 338 g/mol. The summed E-state index contributed by atoms with van der Waals surface area (Å²) in [6, 6.07) is 6.19. The Hall–Kier alpha value is -1.60. The van der Waals surface area contributed by atoms with Gasteiger partial charge in [-0.05, 0) is 17.7 Å². The second-order valence-electron chi connectivity index (χ2n) is 5.55. The second-order valence-corrected chi connectivity index (χ2v) is 6.61. The first-order valence-corrected chi connectivity index (χ1v) is 8.72. The van der Waals surface area contributed by atoms with E-state index in [2.05, 4.69) is 0 Å². The van der Waals surface area contributed by atoms with E-state index < -0.39 is 0 Å². The van der Waals surface area contributed by atoms with Crippen molar-refractivity contribution < 1.29 is 18.7 Å². The summed E-state index contributed by atoms with van der Waals surface area (Å²) < 4.78 is 18.3. The summed E-state index contributed by atoms with van der Waals surface area (Å²) in [5.41, 5.74) is 0.890. The first-order chi connectivity index (χ1) is 11.1. The Morgan fingerprint density at radius 1 is 1.26 bits per heavy atom. The van der Waals surface area contributed by atoms with E-state index in [0.29, 0.717) is 45.0 Å². The lowest BCUT2D eigenvalue weighted by molar-refractivity contribution is -0.136. The summed E-state index contributed by atoms with van der Waals surface area (Å²) in [6.07, 6.45) is 0.310. The molecule has 124 valence electrons. The number of thioether (sulfide) groups is 1. The molecule has 2 fully saturated rings. The van der Waals surface area contributed by atoms with Crippen LogP contribution in [0.3, 0.4) is 0 Å². The van der Waals surface area contributed by atoms with Crippen LogP contribution in [0, 0.1) is 5.82 Å². The van der Waals surface area contributed by atoms with Crippen LogP contribution in [0.15, 0.2) is 24.3 Å². The summed E-state index contributed by atoms with van der Waals surface area (Å²) >= 11 is 1.51. The number of rotatable bonds is 4. The molecule has 2 amide bonds. The molecule has 0 spiro atoms. The maximum Gasteiger partial charge on any atom is 0.233 e. The van der Waals surface area contributed by atoms with E-state index in [0.717, 1.165) is 5.56 Å². The third-order valence-electron chi connectivity index (χ3n) is 4.05. The lowest BCUT2D eigenvalue weighted by atomic mass is 10.2. The van der Waals surface area contributed by atoms with E-state index in [9.17, 15) is 14.0 Å².